The fourth-order valence-corrected chi connectivity index (χ4v) is 4.16. The third kappa shape index (κ3) is 7.82. The summed E-state index contributed by atoms with van der Waals surface area (Å²) >= 11 is 0. The second-order valence-corrected chi connectivity index (χ2v) is 10.5. The molecule has 0 unspecified atom stereocenters. The minimum Gasteiger partial charge on any atom is -0.351 e. The summed E-state index contributed by atoms with van der Waals surface area (Å²) in [7, 11) is 7.23. The Hall–Kier alpha value is -4.39. The Bertz CT molecular complexity index is 1380. The number of anilines is 2. The van der Waals surface area contributed by atoms with Crippen LogP contribution in [0.15, 0.2) is 36.8 Å². The molecular formula is C27H38N8O5. The first-order chi connectivity index (χ1) is 18.8. The van der Waals surface area contributed by atoms with E-state index in [1.807, 2.05) is 19.0 Å². The van der Waals surface area contributed by atoms with E-state index in [0.29, 0.717) is 41.8 Å². The third-order valence-corrected chi connectivity index (χ3v) is 6.33. The Morgan fingerprint density at radius 3 is 2.08 bits per heavy atom. The maximum atomic E-state index is 13.3. The van der Waals surface area contributed by atoms with E-state index in [1.165, 1.54) is 16.8 Å². The van der Waals surface area contributed by atoms with Gasteiger partial charge in [0.2, 0.25) is 0 Å². The highest BCUT2D eigenvalue weighted by Crippen LogP contribution is 2.21. The Balaban J connectivity index is 1.75. The van der Waals surface area contributed by atoms with Gasteiger partial charge in [-0.15, -0.1) is 0 Å². The van der Waals surface area contributed by atoms with Gasteiger partial charge in [0.25, 0.3) is 23.4 Å². The molecule has 0 aromatic carbocycles. The fraction of sp³-hybridized carbons (Fsp3) is 0.444. The molecule has 0 aliphatic heterocycles. The lowest BCUT2D eigenvalue weighted by molar-refractivity contribution is -0.384. The van der Waals surface area contributed by atoms with Crippen molar-refractivity contribution < 1.29 is 19.3 Å². The number of aryl methyl sites for hydroxylation is 3. The highest BCUT2D eigenvalue weighted by atomic mass is 16.6. The quantitative estimate of drug-likeness (QED) is 0.168. The first kappa shape index (κ1) is 30.2. The number of hydrogen-bond acceptors (Lipinski definition) is 6. The van der Waals surface area contributed by atoms with Crippen LogP contribution in [0.5, 0.6) is 0 Å². The van der Waals surface area contributed by atoms with Crippen molar-refractivity contribution in [1.29, 1.82) is 0 Å². The molecule has 0 saturated carbocycles. The predicted molar refractivity (Wildman–Crippen MR) is 153 cm³/mol. The van der Waals surface area contributed by atoms with Gasteiger partial charge in [-0.25, -0.2) is 0 Å². The van der Waals surface area contributed by atoms with Crippen molar-refractivity contribution >= 4 is 34.8 Å². The van der Waals surface area contributed by atoms with Gasteiger partial charge in [-0.05, 0) is 51.5 Å². The standard InChI is InChI=1S/C27H38N8O5/c1-18(2)8-11-34-16-20(30-26(37)23-14-21(35(39)40)17-33(23)6)13-24(34)27(38)29-19-12-22(32(5)15-19)25(36)28-9-7-10-31(3)4/h12-18H,7-11H2,1-6H3,(H,28,36)(H,29,38)(H,30,37). The number of aromatic nitrogens is 3. The van der Waals surface area contributed by atoms with E-state index in [1.54, 1.807) is 47.8 Å². The van der Waals surface area contributed by atoms with Crippen LogP contribution in [0.25, 0.3) is 0 Å². The van der Waals surface area contributed by atoms with E-state index >= 15 is 0 Å². The number of carbonyl (C=O) groups is 3. The lowest BCUT2D eigenvalue weighted by atomic mass is 10.1. The monoisotopic (exact) mass is 554 g/mol. The molecule has 0 aliphatic carbocycles. The zero-order valence-corrected chi connectivity index (χ0v) is 23.9. The van der Waals surface area contributed by atoms with Crippen molar-refractivity contribution in [1.82, 2.24) is 23.9 Å². The van der Waals surface area contributed by atoms with Gasteiger partial charge in [0.1, 0.15) is 17.1 Å². The Labute approximate surface area is 233 Å². The van der Waals surface area contributed by atoms with Crippen molar-refractivity contribution in [2.24, 2.45) is 20.0 Å². The molecule has 13 nitrogen and oxygen atoms in total. The number of carbonyl (C=O) groups excluding carboxylic acids is 3. The van der Waals surface area contributed by atoms with E-state index in [-0.39, 0.29) is 17.3 Å². The predicted octanol–water partition coefficient (Wildman–Crippen LogP) is 3.31. The van der Waals surface area contributed by atoms with Crippen molar-refractivity contribution in [3.8, 4) is 0 Å². The molecule has 13 heteroatoms. The molecular weight excluding hydrogens is 516 g/mol. The van der Waals surface area contributed by atoms with E-state index in [4.69, 9.17) is 0 Å². The minimum atomic E-state index is -0.564. The molecule has 0 aliphatic rings. The average molecular weight is 555 g/mol. The van der Waals surface area contributed by atoms with Gasteiger partial charge < -0.3 is 34.6 Å². The first-order valence-corrected chi connectivity index (χ1v) is 13.1. The van der Waals surface area contributed by atoms with Crippen LogP contribution < -0.4 is 16.0 Å². The summed E-state index contributed by atoms with van der Waals surface area (Å²) in [4.78, 5) is 51.3. The topological polar surface area (TPSA) is 148 Å². The molecule has 3 amide bonds. The summed E-state index contributed by atoms with van der Waals surface area (Å²) in [5.74, 6) is -0.781. The molecule has 0 atom stereocenters. The van der Waals surface area contributed by atoms with Gasteiger partial charge in [0.05, 0.1) is 22.5 Å². The van der Waals surface area contributed by atoms with Crippen LogP contribution >= 0.6 is 0 Å². The maximum absolute atomic E-state index is 13.3. The van der Waals surface area contributed by atoms with Crippen molar-refractivity contribution in [3.05, 3.63) is 64.0 Å². The second kappa shape index (κ2) is 13.1. The number of amides is 3. The van der Waals surface area contributed by atoms with Gasteiger partial charge >= 0.3 is 0 Å². The number of nitrogens with one attached hydrogen (secondary N) is 3. The summed E-state index contributed by atoms with van der Waals surface area (Å²) < 4.78 is 4.79. The minimum absolute atomic E-state index is 0.115. The molecule has 0 radical (unpaired) electrons. The van der Waals surface area contributed by atoms with Crippen molar-refractivity contribution in [3.63, 3.8) is 0 Å². The Kier molecular flexibility index (Phi) is 9.88. The third-order valence-electron chi connectivity index (χ3n) is 6.33. The number of rotatable bonds is 13. The normalized spacial score (nSPS) is 11.2. The summed E-state index contributed by atoms with van der Waals surface area (Å²) in [6.45, 7) is 6.09. The van der Waals surface area contributed by atoms with Gasteiger partial charge in [-0.3, -0.25) is 24.5 Å². The number of hydrogen-bond donors (Lipinski definition) is 3. The zero-order chi connectivity index (χ0) is 29.6. The number of nitro groups is 1. The van der Waals surface area contributed by atoms with E-state index in [2.05, 4.69) is 29.8 Å². The van der Waals surface area contributed by atoms with Crippen LogP contribution in [0.1, 0.15) is 58.2 Å². The molecule has 40 heavy (non-hydrogen) atoms. The molecule has 3 aromatic heterocycles. The average Bonchev–Trinajstić information content (AvgIpc) is 3.56. The fourth-order valence-electron chi connectivity index (χ4n) is 4.16. The zero-order valence-electron chi connectivity index (χ0n) is 23.9. The highest BCUT2D eigenvalue weighted by Gasteiger charge is 2.21. The molecule has 0 fully saturated rings. The second-order valence-electron chi connectivity index (χ2n) is 10.5. The lowest BCUT2D eigenvalue weighted by Gasteiger charge is -2.10. The summed E-state index contributed by atoms with van der Waals surface area (Å²) in [5.41, 5.74) is 1.52. The van der Waals surface area contributed by atoms with Crippen molar-refractivity contribution in [2.75, 3.05) is 37.8 Å². The molecule has 216 valence electrons. The SMILES string of the molecule is CC(C)CCn1cc(NC(=O)c2cc([N+](=O)[O-])cn2C)cc1C(=O)Nc1cc(C(=O)NCCCN(C)C)n(C)c1. The molecule has 0 saturated heterocycles. The van der Waals surface area contributed by atoms with E-state index in [0.717, 1.165) is 19.4 Å². The smallest absolute Gasteiger partial charge is 0.287 e. The van der Waals surface area contributed by atoms with Crippen molar-refractivity contribution in [2.45, 2.75) is 33.2 Å². The summed E-state index contributed by atoms with van der Waals surface area (Å²) in [6.07, 6.45) is 6.22. The maximum Gasteiger partial charge on any atom is 0.287 e. The first-order valence-electron chi connectivity index (χ1n) is 13.1. The number of nitrogens with zero attached hydrogens (tertiary/aromatic N) is 5. The van der Waals surface area contributed by atoms with E-state index < -0.39 is 16.7 Å². The van der Waals surface area contributed by atoms with E-state index in [9.17, 15) is 24.5 Å². The molecule has 0 spiro atoms. The van der Waals surface area contributed by atoms with Gasteiger partial charge in [-0.1, -0.05) is 13.8 Å². The molecule has 3 N–H and O–H groups in total. The van der Waals surface area contributed by atoms with Crippen LogP contribution in [0.4, 0.5) is 17.1 Å². The molecule has 3 aromatic rings. The van der Waals surface area contributed by atoms with Crippen LogP contribution in [0, 0.1) is 16.0 Å². The summed E-state index contributed by atoms with van der Waals surface area (Å²) in [6, 6.07) is 4.38. The van der Waals surface area contributed by atoms with Crippen LogP contribution in [-0.2, 0) is 20.6 Å². The van der Waals surface area contributed by atoms with Crippen LogP contribution in [-0.4, -0.2) is 68.4 Å². The van der Waals surface area contributed by atoms with Gasteiger partial charge in [-0.2, -0.15) is 0 Å². The van der Waals surface area contributed by atoms with Gasteiger partial charge in [0.15, 0.2) is 0 Å². The van der Waals surface area contributed by atoms with Crippen LogP contribution in [0.3, 0.4) is 0 Å². The summed E-state index contributed by atoms with van der Waals surface area (Å²) in [5, 5.41) is 19.6. The molecule has 3 heterocycles. The van der Waals surface area contributed by atoms with Crippen LogP contribution in [0.2, 0.25) is 0 Å². The molecule has 3 rings (SSSR count). The Morgan fingerprint density at radius 2 is 1.48 bits per heavy atom. The molecule has 0 bridgehead atoms. The van der Waals surface area contributed by atoms with Gasteiger partial charge in [0, 0.05) is 45.6 Å². The largest absolute Gasteiger partial charge is 0.351 e. The highest BCUT2D eigenvalue weighted by molar-refractivity contribution is 6.07. The lowest BCUT2D eigenvalue weighted by Crippen LogP contribution is -2.28. The Morgan fingerprint density at radius 1 is 0.900 bits per heavy atom.